The predicted molar refractivity (Wildman–Crippen MR) is 101 cm³/mol. The molecule has 0 bridgehead atoms. The Morgan fingerprint density at radius 1 is 1.19 bits per heavy atom. The first kappa shape index (κ1) is 16.7. The fourth-order valence-electron chi connectivity index (χ4n) is 3.39. The Bertz CT molecular complexity index is 876. The van der Waals surface area contributed by atoms with Crippen molar-refractivity contribution in [2.45, 2.75) is 32.4 Å². The summed E-state index contributed by atoms with van der Waals surface area (Å²) >= 11 is 0. The molecule has 134 valence electrons. The van der Waals surface area contributed by atoms with Gasteiger partial charge in [-0.15, -0.1) is 0 Å². The molecule has 0 unspecified atom stereocenters. The summed E-state index contributed by atoms with van der Waals surface area (Å²) in [6.07, 6.45) is 2.38. The molecule has 4 heteroatoms. The van der Waals surface area contributed by atoms with E-state index in [0.29, 0.717) is 18.2 Å². The Hall–Kier alpha value is -2.75. The zero-order valence-corrected chi connectivity index (χ0v) is 15.1. The number of methoxy groups -OCH3 is 1. The summed E-state index contributed by atoms with van der Waals surface area (Å²) in [6.45, 7) is 2.71. The van der Waals surface area contributed by atoms with Crippen LogP contribution in [0.1, 0.15) is 35.9 Å². The number of amides is 1. The highest BCUT2D eigenvalue weighted by Gasteiger charge is 2.35. The lowest BCUT2D eigenvalue weighted by Gasteiger charge is -2.29. The van der Waals surface area contributed by atoms with Gasteiger partial charge in [0.2, 0.25) is 0 Å². The third-order valence-electron chi connectivity index (χ3n) is 5.20. The number of rotatable bonds is 6. The normalized spacial score (nSPS) is 15.0. The van der Waals surface area contributed by atoms with Crippen molar-refractivity contribution in [3.05, 3.63) is 65.9 Å². The topological polar surface area (TPSA) is 42.7 Å². The fraction of sp³-hybridized carbons (Fsp3) is 0.318. The van der Waals surface area contributed by atoms with Crippen molar-refractivity contribution in [3.63, 3.8) is 0 Å². The number of para-hydroxylation sites is 1. The van der Waals surface area contributed by atoms with Crippen LogP contribution in [-0.4, -0.2) is 24.0 Å². The predicted octanol–water partition coefficient (Wildman–Crippen LogP) is 4.88. The second-order valence-electron chi connectivity index (χ2n) is 7.01. The number of ether oxygens (including phenoxy) is 1. The smallest absolute Gasteiger partial charge is 0.290 e. The van der Waals surface area contributed by atoms with E-state index in [4.69, 9.17) is 9.15 Å². The van der Waals surface area contributed by atoms with E-state index in [1.807, 2.05) is 59.5 Å². The van der Waals surface area contributed by atoms with Gasteiger partial charge in [0, 0.05) is 18.0 Å². The largest absolute Gasteiger partial charge is 0.497 e. The fourth-order valence-corrected chi connectivity index (χ4v) is 3.39. The number of hydrogen-bond donors (Lipinski definition) is 0. The second-order valence-corrected chi connectivity index (χ2v) is 7.01. The molecule has 0 aliphatic heterocycles. The Labute approximate surface area is 153 Å². The number of fused-ring (bicyclic) bond motifs is 1. The highest BCUT2D eigenvalue weighted by Crippen LogP contribution is 2.36. The summed E-state index contributed by atoms with van der Waals surface area (Å²) in [4.78, 5) is 15.2. The third kappa shape index (κ3) is 3.32. The van der Waals surface area contributed by atoms with Crippen LogP contribution in [0.15, 0.2) is 59.0 Å². The number of carbonyl (C=O) groups excluding carboxylic acids is 1. The van der Waals surface area contributed by atoms with Crippen LogP contribution in [-0.2, 0) is 6.54 Å². The van der Waals surface area contributed by atoms with Crippen LogP contribution in [0.25, 0.3) is 11.0 Å². The SMILES string of the molecule is COc1ccc(CN(C(=O)c2cc3ccccc3o2)[C@@H](C)C2CC2)cc1. The van der Waals surface area contributed by atoms with Crippen molar-refractivity contribution in [3.8, 4) is 5.75 Å². The highest BCUT2D eigenvalue weighted by molar-refractivity contribution is 5.96. The van der Waals surface area contributed by atoms with Gasteiger partial charge in [-0.05, 0) is 55.5 Å². The van der Waals surface area contributed by atoms with E-state index in [0.717, 1.165) is 22.3 Å². The average Bonchev–Trinajstić information content (AvgIpc) is 3.44. The summed E-state index contributed by atoms with van der Waals surface area (Å²) in [5.74, 6) is 1.77. The number of nitrogens with zero attached hydrogens (tertiary/aromatic N) is 1. The van der Waals surface area contributed by atoms with Crippen molar-refractivity contribution in [2.75, 3.05) is 7.11 Å². The molecule has 3 aromatic rings. The molecule has 1 aliphatic rings. The molecular formula is C22H23NO3. The van der Waals surface area contributed by atoms with Crippen LogP contribution >= 0.6 is 0 Å². The number of carbonyl (C=O) groups is 1. The number of furan rings is 1. The Kier molecular flexibility index (Phi) is 4.41. The van der Waals surface area contributed by atoms with Crippen LogP contribution in [0, 0.1) is 5.92 Å². The van der Waals surface area contributed by atoms with Gasteiger partial charge in [-0.1, -0.05) is 30.3 Å². The first-order valence-electron chi connectivity index (χ1n) is 9.08. The van der Waals surface area contributed by atoms with Crippen molar-refractivity contribution in [1.82, 2.24) is 4.90 Å². The van der Waals surface area contributed by atoms with Crippen LogP contribution in [0.3, 0.4) is 0 Å². The Morgan fingerprint density at radius 3 is 2.58 bits per heavy atom. The van der Waals surface area contributed by atoms with Gasteiger partial charge in [-0.25, -0.2) is 0 Å². The lowest BCUT2D eigenvalue weighted by molar-refractivity contribution is 0.0624. The minimum atomic E-state index is -0.0450. The summed E-state index contributed by atoms with van der Waals surface area (Å²) in [5, 5.41) is 0.958. The lowest BCUT2D eigenvalue weighted by Crippen LogP contribution is -2.39. The molecule has 1 saturated carbocycles. The van der Waals surface area contributed by atoms with Crippen LogP contribution in [0.5, 0.6) is 5.75 Å². The summed E-state index contributed by atoms with van der Waals surface area (Å²) in [6, 6.07) is 17.7. The van der Waals surface area contributed by atoms with Gasteiger partial charge in [-0.2, -0.15) is 0 Å². The molecule has 0 N–H and O–H groups in total. The second kappa shape index (κ2) is 6.87. The zero-order valence-electron chi connectivity index (χ0n) is 15.1. The summed E-state index contributed by atoms with van der Waals surface area (Å²) < 4.78 is 11.0. The maximum Gasteiger partial charge on any atom is 0.290 e. The van der Waals surface area contributed by atoms with Gasteiger partial charge in [0.15, 0.2) is 5.76 Å². The molecule has 26 heavy (non-hydrogen) atoms. The van der Waals surface area contributed by atoms with Crippen LogP contribution in [0.4, 0.5) is 0 Å². The molecule has 4 nitrogen and oxygen atoms in total. The molecule has 1 fully saturated rings. The minimum absolute atomic E-state index is 0.0450. The lowest BCUT2D eigenvalue weighted by atomic mass is 10.1. The van der Waals surface area contributed by atoms with E-state index >= 15 is 0 Å². The van der Waals surface area contributed by atoms with Crippen LogP contribution in [0.2, 0.25) is 0 Å². The zero-order chi connectivity index (χ0) is 18.1. The molecule has 1 heterocycles. The van der Waals surface area contributed by atoms with Gasteiger partial charge in [0.1, 0.15) is 11.3 Å². The maximum absolute atomic E-state index is 13.2. The van der Waals surface area contributed by atoms with Crippen molar-refractivity contribution in [1.29, 1.82) is 0 Å². The van der Waals surface area contributed by atoms with Gasteiger partial charge in [-0.3, -0.25) is 4.79 Å². The quantitative estimate of drug-likeness (QED) is 0.637. The molecule has 1 amide bonds. The molecular weight excluding hydrogens is 326 g/mol. The van der Waals surface area contributed by atoms with Crippen molar-refractivity contribution < 1.29 is 13.9 Å². The van der Waals surface area contributed by atoms with E-state index in [1.54, 1.807) is 7.11 Å². The van der Waals surface area contributed by atoms with Gasteiger partial charge in [0.25, 0.3) is 5.91 Å². The molecule has 1 aliphatic carbocycles. The van der Waals surface area contributed by atoms with Gasteiger partial charge in [0.05, 0.1) is 7.11 Å². The molecule has 1 atom stereocenters. The molecule has 1 aromatic heterocycles. The van der Waals surface area contributed by atoms with E-state index < -0.39 is 0 Å². The van der Waals surface area contributed by atoms with Crippen molar-refractivity contribution >= 4 is 16.9 Å². The monoisotopic (exact) mass is 349 g/mol. The molecule has 0 radical (unpaired) electrons. The summed E-state index contributed by atoms with van der Waals surface area (Å²) in [7, 11) is 1.65. The minimum Gasteiger partial charge on any atom is -0.497 e. The van der Waals surface area contributed by atoms with E-state index in [9.17, 15) is 4.79 Å². The van der Waals surface area contributed by atoms with E-state index in [1.165, 1.54) is 12.8 Å². The number of hydrogen-bond acceptors (Lipinski definition) is 3. The molecule has 0 spiro atoms. The first-order chi connectivity index (χ1) is 12.7. The van der Waals surface area contributed by atoms with Crippen LogP contribution < -0.4 is 4.74 Å². The van der Waals surface area contributed by atoms with Crippen molar-refractivity contribution in [2.24, 2.45) is 5.92 Å². The Morgan fingerprint density at radius 2 is 1.92 bits per heavy atom. The molecule has 2 aromatic carbocycles. The molecule has 0 saturated heterocycles. The van der Waals surface area contributed by atoms with Gasteiger partial charge >= 0.3 is 0 Å². The number of benzene rings is 2. The average molecular weight is 349 g/mol. The third-order valence-corrected chi connectivity index (χ3v) is 5.20. The van der Waals surface area contributed by atoms with E-state index in [-0.39, 0.29) is 11.9 Å². The maximum atomic E-state index is 13.2. The first-order valence-corrected chi connectivity index (χ1v) is 9.08. The standard InChI is InChI=1S/C22H23NO3/c1-15(17-9-10-17)23(14-16-7-11-19(25-2)12-8-16)22(24)21-13-18-5-3-4-6-20(18)26-21/h3-8,11-13,15,17H,9-10,14H2,1-2H3/t15-/m0/s1. The van der Waals surface area contributed by atoms with Gasteiger partial charge < -0.3 is 14.1 Å². The summed E-state index contributed by atoms with van der Waals surface area (Å²) in [5.41, 5.74) is 1.84. The molecule has 4 rings (SSSR count). The highest BCUT2D eigenvalue weighted by atomic mass is 16.5. The Balaban J connectivity index is 1.62. The van der Waals surface area contributed by atoms with E-state index in [2.05, 4.69) is 6.92 Å².